The summed E-state index contributed by atoms with van der Waals surface area (Å²) in [6, 6.07) is 4.41. The Morgan fingerprint density at radius 2 is 2.00 bits per heavy atom. The molecule has 1 aromatic rings. The van der Waals surface area contributed by atoms with Crippen LogP contribution in [-0.2, 0) is 0 Å². The van der Waals surface area contributed by atoms with Crippen LogP contribution < -0.4 is 5.32 Å². The molecule has 21 heavy (non-hydrogen) atoms. The third-order valence-electron chi connectivity index (χ3n) is 3.63. The van der Waals surface area contributed by atoms with Gasteiger partial charge in [-0.1, -0.05) is 47.0 Å². The molecule has 118 valence electrons. The van der Waals surface area contributed by atoms with Crippen molar-refractivity contribution in [1.82, 2.24) is 4.98 Å². The van der Waals surface area contributed by atoms with Crippen LogP contribution in [0.3, 0.4) is 0 Å². The Kier molecular flexibility index (Phi) is 8.03. The van der Waals surface area contributed by atoms with Crippen molar-refractivity contribution in [3.05, 3.63) is 23.9 Å². The summed E-state index contributed by atoms with van der Waals surface area (Å²) < 4.78 is 0. The van der Waals surface area contributed by atoms with Crippen LogP contribution in [0.5, 0.6) is 0 Å². The zero-order valence-corrected chi connectivity index (χ0v) is 14.1. The molecule has 0 fully saturated rings. The average Bonchev–Trinajstić information content (AvgIpc) is 2.44. The van der Waals surface area contributed by atoms with Gasteiger partial charge in [0.1, 0.15) is 5.82 Å². The van der Waals surface area contributed by atoms with Gasteiger partial charge in [-0.2, -0.15) is 0 Å². The van der Waals surface area contributed by atoms with E-state index in [-0.39, 0.29) is 0 Å². The Bertz CT molecular complexity index is 426. The van der Waals surface area contributed by atoms with Crippen LogP contribution in [0.1, 0.15) is 71.8 Å². The number of nitrogens with one attached hydrogen (secondary N) is 2. The Morgan fingerprint density at radius 3 is 2.62 bits per heavy atom. The lowest BCUT2D eigenvalue weighted by molar-refractivity contribution is 0.563. The Morgan fingerprint density at radius 1 is 1.24 bits per heavy atom. The number of hydrogen-bond acceptors (Lipinski definition) is 3. The first-order chi connectivity index (χ1) is 10.1. The Hall–Kier alpha value is -1.38. The van der Waals surface area contributed by atoms with Gasteiger partial charge in [-0.15, -0.1) is 0 Å². The average molecular weight is 289 g/mol. The van der Waals surface area contributed by atoms with Crippen molar-refractivity contribution in [1.29, 1.82) is 5.41 Å². The van der Waals surface area contributed by atoms with Gasteiger partial charge in [-0.3, -0.25) is 0 Å². The molecule has 1 heterocycles. The molecule has 1 atom stereocenters. The molecule has 0 aliphatic rings. The molecule has 0 bridgehead atoms. The predicted molar refractivity (Wildman–Crippen MR) is 92.4 cm³/mol. The predicted octanol–water partition coefficient (Wildman–Crippen LogP) is 5.27. The van der Waals surface area contributed by atoms with Crippen molar-refractivity contribution in [3.8, 4) is 0 Å². The Labute approximate surface area is 130 Å². The SMILES string of the molecule is CCCCC(CCC)Nc1ncccc1C(=N)CC(C)C. The van der Waals surface area contributed by atoms with Crippen LogP contribution in [-0.4, -0.2) is 16.7 Å². The highest BCUT2D eigenvalue weighted by Crippen LogP contribution is 2.20. The van der Waals surface area contributed by atoms with Gasteiger partial charge in [0.2, 0.25) is 0 Å². The normalized spacial score (nSPS) is 12.4. The van der Waals surface area contributed by atoms with Crippen molar-refractivity contribution in [2.75, 3.05) is 5.32 Å². The van der Waals surface area contributed by atoms with E-state index in [0.717, 1.165) is 24.2 Å². The maximum atomic E-state index is 8.31. The molecule has 2 N–H and O–H groups in total. The molecule has 0 radical (unpaired) electrons. The lowest BCUT2D eigenvalue weighted by atomic mass is 10.00. The van der Waals surface area contributed by atoms with E-state index >= 15 is 0 Å². The lowest BCUT2D eigenvalue weighted by Crippen LogP contribution is -2.22. The molecule has 0 amide bonds. The second-order valence-corrected chi connectivity index (χ2v) is 6.25. The molecule has 0 saturated carbocycles. The van der Waals surface area contributed by atoms with E-state index in [1.807, 2.05) is 18.3 Å². The van der Waals surface area contributed by atoms with Gasteiger partial charge in [-0.25, -0.2) is 4.98 Å². The summed E-state index contributed by atoms with van der Waals surface area (Å²) in [6.45, 7) is 8.76. The summed E-state index contributed by atoms with van der Waals surface area (Å²) in [5.74, 6) is 1.38. The van der Waals surface area contributed by atoms with E-state index in [1.165, 1.54) is 25.7 Å². The summed E-state index contributed by atoms with van der Waals surface area (Å²) in [5, 5.41) is 11.9. The molecular weight excluding hydrogens is 258 g/mol. The van der Waals surface area contributed by atoms with Crippen molar-refractivity contribution < 1.29 is 0 Å². The third-order valence-corrected chi connectivity index (χ3v) is 3.63. The first-order valence-electron chi connectivity index (χ1n) is 8.37. The molecule has 1 aromatic heterocycles. The highest BCUT2D eigenvalue weighted by atomic mass is 15.0. The van der Waals surface area contributed by atoms with E-state index in [4.69, 9.17) is 5.41 Å². The monoisotopic (exact) mass is 289 g/mol. The van der Waals surface area contributed by atoms with E-state index < -0.39 is 0 Å². The van der Waals surface area contributed by atoms with Crippen LogP contribution in [0.2, 0.25) is 0 Å². The van der Waals surface area contributed by atoms with Gasteiger partial charge in [0.05, 0.1) is 0 Å². The minimum Gasteiger partial charge on any atom is -0.367 e. The summed E-state index contributed by atoms with van der Waals surface area (Å²) in [6.07, 6.45) is 8.59. The van der Waals surface area contributed by atoms with Gasteiger partial charge in [-0.05, 0) is 37.3 Å². The molecule has 1 unspecified atom stereocenters. The van der Waals surface area contributed by atoms with E-state index in [1.54, 1.807) is 0 Å². The van der Waals surface area contributed by atoms with Crippen molar-refractivity contribution >= 4 is 11.5 Å². The number of pyridine rings is 1. The number of rotatable bonds is 10. The van der Waals surface area contributed by atoms with Gasteiger partial charge in [0.25, 0.3) is 0 Å². The minimum atomic E-state index is 0.468. The second-order valence-electron chi connectivity index (χ2n) is 6.25. The molecule has 0 aliphatic carbocycles. The maximum absolute atomic E-state index is 8.31. The minimum absolute atomic E-state index is 0.468. The van der Waals surface area contributed by atoms with Gasteiger partial charge < -0.3 is 10.7 Å². The largest absolute Gasteiger partial charge is 0.367 e. The standard InChI is InChI=1S/C18H31N3/c1-5-7-10-15(9-6-2)21-18-16(11-8-12-20-18)17(19)13-14(3)4/h8,11-12,14-15,19H,5-7,9-10,13H2,1-4H3,(H,20,21). The lowest BCUT2D eigenvalue weighted by Gasteiger charge is -2.21. The number of nitrogens with zero attached hydrogens (tertiary/aromatic N) is 1. The first-order valence-corrected chi connectivity index (χ1v) is 8.37. The van der Waals surface area contributed by atoms with Crippen molar-refractivity contribution in [2.24, 2.45) is 5.92 Å². The highest BCUT2D eigenvalue weighted by Gasteiger charge is 2.14. The van der Waals surface area contributed by atoms with Crippen LogP contribution in [0, 0.1) is 11.3 Å². The summed E-state index contributed by atoms with van der Waals surface area (Å²) in [7, 11) is 0. The Balaban J connectivity index is 2.83. The molecule has 3 heteroatoms. The zero-order chi connectivity index (χ0) is 15.7. The van der Waals surface area contributed by atoms with Crippen molar-refractivity contribution in [3.63, 3.8) is 0 Å². The molecule has 0 saturated heterocycles. The molecule has 0 spiro atoms. The quantitative estimate of drug-likeness (QED) is 0.577. The molecule has 3 nitrogen and oxygen atoms in total. The molecule has 0 aromatic carbocycles. The van der Waals surface area contributed by atoms with Gasteiger partial charge in [0.15, 0.2) is 0 Å². The topological polar surface area (TPSA) is 48.8 Å². The third kappa shape index (κ3) is 6.28. The molecular formula is C18H31N3. The van der Waals surface area contributed by atoms with Crippen LogP contribution in [0.15, 0.2) is 18.3 Å². The zero-order valence-electron chi connectivity index (χ0n) is 14.1. The summed E-state index contributed by atoms with van der Waals surface area (Å²) in [4.78, 5) is 4.49. The van der Waals surface area contributed by atoms with Crippen LogP contribution in [0.4, 0.5) is 5.82 Å². The fourth-order valence-corrected chi connectivity index (χ4v) is 2.56. The fourth-order valence-electron chi connectivity index (χ4n) is 2.56. The highest BCUT2D eigenvalue weighted by molar-refractivity contribution is 6.02. The fraction of sp³-hybridized carbons (Fsp3) is 0.667. The number of aromatic nitrogens is 1. The number of hydrogen-bond donors (Lipinski definition) is 2. The van der Waals surface area contributed by atoms with Crippen LogP contribution in [0.25, 0.3) is 0 Å². The summed E-state index contributed by atoms with van der Waals surface area (Å²) in [5.41, 5.74) is 1.65. The summed E-state index contributed by atoms with van der Waals surface area (Å²) >= 11 is 0. The number of anilines is 1. The number of unbranched alkanes of at least 4 members (excludes halogenated alkanes) is 1. The molecule has 0 aliphatic heterocycles. The van der Waals surface area contributed by atoms with Gasteiger partial charge in [0, 0.05) is 23.5 Å². The maximum Gasteiger partial charge on any atom is 0.135 e. The van der Waals surface area contributed by atoms with Crippen LogP contribution >= 0.6 is 0 Å². The van der Waals surface area contributed by atoms with E-state index in [0.29, 0.717) is 17.7 Å². The first kappa shape index (κ1) is 17.7. The smallest absolute Gasteiger partial charge is 0.135 e. The van der Waals surface area contributed by atoms with E-state index in [2.05, 4.69) is 38.0 Å². The second kappa shape index (κ2) is 9.54. The van der Waals surface area contributed by atoms with Gasteiger partial charge >= 0.3 is 0 Å². The van der Waals surface area contributed by atoms with E-state index in [9.17, 15) is 0 Å². The molecule has 1 rings (SSSR count). The van der Waals surface area contributed by atoms with Crippen molar-refractivity contribution in [2.45, 2.75) is 72.3 Å².